The first kappa shape index (κ1) is 17.8. The molecule has 7 nitrogen and oxygen atoms in total. The number of fused-ring (bicyclic) bond motifs is 2. The number of hydrogen-bond donors (Lipinski definition) is 0. The van der Waals surface area contributed by atoms with Crippen molar-refractivity contribution in [2.75, 3.05) is 7.11 Å². The zero-order chi connectivity index (χ0) is 19.1. The summed E-state index contributed by atoms with van der Waals surface area (Å²) in [6, 6.07) is 6.00. The monoisotopic (exact) mass is 385 g/mol. The Morgan fingerprint density at radius 1 is 1.37 bits per heavy atom. The minimum atomic E-state index is -0.469. The van der Waals surface area contributed by atoms with E-state index in [1.54, 1.807) is 24.8 Å². The summed E-state index contributed by atoms with van der Waals surface area (Å²) < 4.78 is 5.02. The van der Waals surface area contributed by atoms with Crippen molar-refractivity contribution in [2.45, 2.75) is 38.6 Å². The molecule has 8 heteroatoms. The van der Waals surface area contributed by atoms with Gasteiger partial charge in [-0.3, -0.25) is 10.1 Å². The molecule has 0 fully saturated rings. The molecule has 0 N–H and O–H groups in total. The van der Waals surface area contributed by atoms with Crippen LogP contribution in [0.3, 0.4) is 0 Å². The highest BCUT2D eigenvalue weighted by molar-refractivity contribution is 8.17. The summed E-state index contributed by atoms with van der Waals surface area (Å²) in [5, 5.41) is 12.1. The van der Waals surface area contributed by atoms with Gasteiger partial charge in [0, 0.05) is 22.7 Å². The third-order valence-electron chi connectivity index (χ3n) is 5.09. The standard InChI is InChI=1S/C19H19N3O4S/c1-11-16(18(23)26-2)17(12-6-5-7-13(10-12)22(24)25)21-14-8-3-4-9-15(14)27-19(21)20-11/h5-7,10,17H,3-4,8-9H2,1-2H3. The summed E-state index contributed by atoms with van der Waals surface area (Å²) in [6.45, 7) is 1.79. The van der Waals surface area contributed by atoms with Crippen LogP contribution in [0.1, 0.15) is 44.2 Å². The highest BCUT2D eigenvalue weighted by Gasteiger charge is 2.43. The molecule has 0 saturated carbocycles. The number of esters is 1. The number of nitrogens with zero attached hydrogens (tertiary/aromatic N) is 3. The number of carbonyl (C=O) groups excluding carboxylic acids is 1. The second-order valence-corrected chi connectivity index (χ2v) is 7.75. The van der Waals surface area contributed by atoms with Gasteiger partial charge in [-0.25, -0.2) is 9.79 Å². The Balaban J connectivity index is 1.89. The molecular weight excluding hydrogens is 366 g/mol. The van der Waals surface area contributed by atoms with E-state index in [-0.39, 0.29) is 5.69 Å². The molecule has 0 bridgehead atoms. The van der Waals surface area contributed by atoms with Gasteiger partial charge in [0.05, 0.1) is 29.3 Å². The molecule has 2 aliphatic heterocycles. The van der Waals surface area contributed by atoms with Crippen LogP contribution in [-0.2, 0) is 9.53 Å². The fraction of sp³-hybridized carbons (Fsp3) is 0.368. The van der Waals surface area contributed by atoms with E-state index >= 15 is 0 Å². The number of nitro groups is 1. The van der Waals surface area contributed by atoms with E-state index in [2.05, 4.69) is 9.89 Å². The van der Waals surface area contributed by atoms with Crippen LogP contribution in [0.15, 0.2) is 51.1 Å². The van der Waals surface area contributed by atoms with Crippen LogP contribution in [-0.4, -0.2) is 28.1 Å². The summed E-state index contributed by atoms with van der Waals surface area (Å²) in [5.74, 6) is -0.457. The minimum Gasteiger partial charge on any atom is -0.466 e. The zero-order valence-electron chi connectivity index (χ0n) is 15.1. The number of thioether (sulfide) groups is 1. The molecule has 1 atom stereocenters. The topological polar surface area (TPSA) is 85.0 Å². The van der Waals surface area contributed by atoms with Gasteiger partial charge in [-0.2, -0.15) is 0 Å². The van der Waals surface area contributed by atoms with Gasteiger partial charge >= 0.3 is 5.97 Å². The van der Waals surface area contributed by atoms with Gasteiger partial charge in [0.2, 0.25) is 0 Å². The second-order valence-electron chi connectivity index (χ2n) is 6.69. The van der Waals surface area contributed by atoms with Crippen LogP contribution in [0, 0.1) is 10.1 Å². The van der Waals surface area contributed by atoms with Gasteiger partial charge in [0.25, 0.3) is 5.69 Å². The molecular formula is C19H19N3O4S. The summed E-state index contributed by atoms with van der Waals surface area (Å²) in [4.78, 5) is 31.5. The number of ether oxygens (including phenoxy) is 1. The highest BCUT2D eigenvalue weighted by Crippen LogP contribution is 2.51. The average molecular weight is 385 g/mol. The summed E-state index contributed by atoms with van der Waals surface area (Å²) >= 11 is 1.65. The number of non-ortho nitro benzene ring substituents is 1. The number of nitro benzene ring substituents is 1. The number of methoxy groups -OCH3 is 1. The Hall–Kier alpha value is -2.61. The molecule has 1 aliphatic carbocycles. The normalized spacial score (nSPS) is 21.6. The Bertz CT molecular complexity index is 935. The number of rotatable bonds is 3. The van der Waals surface area contributed by atoms with E-state index in [1.165, 1.54) is 29.8 Å². The number of benzene rings is 1. The van der Waals surface area contributed by atoms with Gasteiger partial charge in [-0.1, -0.05) is 23.9 Å². The minimum absolute atomic E-state index is 0.00290. The van der Waals surface area contributed by atoms with Crippen LogP contribution in [0.25, 0.3) is 0 Å². The lowest BCUT2D eigenvalue weighted by molar-refractivity contribution is -0.384. The Labute approximate surface area is 160 Å². The van der Waals surface area contributed by atoms with E-state index in [4.69, 9.17) is 4.74 Å². The van der Waals surface area contributed by atoms with Crippen molar-refractivity contribution < 1.29 is 14.5 Å². The summed E-state index contributed by atoms with van der Waals surface area (Å²) in [6.07, 6.45) is 4.15. The fourth-order valence-electron chi connectivity index (χ4n) is 3.87. The number of amidine groups is 1. The molecule has 2 heterocycles. The van der Waals surface area contributed by atoms with Gasteiger partial charge in [0.1, 0.15) is 0 Å². The van der Waals surface area contributed by atoms with Crippen LogP contribution in [0.2, 0.25) is 0 Å². The summed E-state index contributed by atoms with van der Waals surface area (Å²) in [7, 11) is 1.34. The molecule has 1 unspecified atom stereocenters. The molecule has 0 radical (unpaired) electrons. The second kappa shape index (κ2) is 6.84. The van der Waals surface area contributed by atoms with Crippen molar-refractivity contribution in [1.29, 1.82) is 0 Å². The lowest BCUT2D eigenvalue weighted by Crippen LogP contribution is -2.36. The molecule has 0 aromatic heterocycles. The van der Waals surface area contributed by atoms with Crippen molar-refractivity contribution in [1.82, 2.24) is 4.90 Å². The predicted octanol–water partition coefficient (Wildman–Crippen LogP) is 4.29. The van der Waals surface area contributed by atoms with Crippen molar-refractivity contribution in [2.24, 2.45) is 4.99 Å². The molecule has 0 saturated heterocycles. The lowest BCUT2D eigenvalue weighted by atomic mass is 9.92. The Kier molecular flexibility index (Phi) is 4.51. The molecule has 0 amide bonds. The zero-order valence-corrected chi connectivity index (χ0v) is 15.9. The van der Waals surface area contributed by atoms with E-state index in [0.717, 1.165) is 30.9 Å². The molecule has 1 aromatic carbocycles. The maximum Gasteiger partial charge on any atom is 0.338 e. The SMILES string of the molecule is COC(=O)C1=C(C)N=C2SC3=C(CCCC3)N2C1c1cccc([N+](=O)[O-])c1. The number of allylic oxidation sites excluding steroid dienone is 3. The van der Waals surface area contributed by atoms with Crippen LogP contribution in [0.5, 0.6) is 0 Å². The molecule has 1 aromatic rings. The van der Waals surface area contributed by atoms with Crippen molar-refractivity contribution >= 4 is 28.6 Å². The Morgan fingerprint density at radius 2 is 2.15 bits per heavy atom. The van der Waals surface area contributed by atoms with E-state index in [1.807, 2.05) is 6.07 Å². The van der Waals surface area contributed by atoms with Crippen LogP contribution >= 0.6 is 11.8 Å². The molecule has 140 valence electrons. The van der Waals surface area contributed by atoms with Crippen LogP contribution < -0.4 is 0 Å². The number of carbonyl (C=O) groups is 1. The van der Waals surface area contributed by atoms with E-state index in [9.17, 15) is 14.9 Å². The quantitative estimate of drug-likeness (QED) is 0.438. The maximum absolute atomic E-state index is 12.6. The van der Waals surface area contributed by atoms with E-state index < -0.39 is 16.9 Å². The van der Waals surface area contributed by atoms with Crippen LogP contribution in [0.4, 0.5) is 5.69 Å². The van der Waals surface area contributed by atoms with E-state index in [0.29, 0.717) is 16.8 Å². The van der Waals surface area contributed by atoms with Crippen molar-refractivity contribution in [3.8, 4) is 0 Å². The van der Waals surface area contributed by atoms with Gasteiger partial charge in [-0.15, -0.1) is 0 Å². The van der Waals surface area contributed by atoms with Crippen molar-refractivity contribution in [3.63, 3.8) is 0 Å². The third-order valence-corrected chi connectivity index (χ3v) is 6.24. The fourth-order valence-corrected chi connectivity index (χ4v) is 5.15. The Morgan fingerprint density at radius 3 is 2.89 bits per heavy atom. The smallest absolute Gasteiger partial charge is 0.338 e. The predicted molar refractivity (Wildman–Crippen MR) is 103 cm³/mol. The van der Waals surface area contributed by atoms with Crippen molar-refractivity contribution in [3.05, 3.63) is 61.8 Å². The lowest BCUT2D eigenvalue weighted by Gasteiger charge is -2.36. The largest absolute Gasteiger partial charge is 0.466 e. The van der Waals surface area contributed by atoms with Gasteiger partial charge in [0.15, 0.2) is 5.17 Å². The number of aliphatic imine (C=N–C) groups is 1. The highest BCUT2D eigenvalue weighted by atomic mass is 32.2. The maximum atomic E-state index is 12.6. The third kappa shape index (κ3) is 2.93. The average Bonchev–Trinajstić information content (AvgIpc) is 3.04. The number of hydrogen-bond acceptors (Lipinski definition) is 7. The molecule has 3 aliphatic rings. The first-order valence-electron chi connectivity index (χ1n) is 8.82. The molecule has 27 heavy (non-hydrogen) atoms. The first-order valence-corrected chi connectivity index (χ1v) is 9.64. The molecule has 0 spiro atoms. The van der Waals surface area contributed by atoms with Gasteiger partial charge < -0.3 is 9.64 Å². The first-order chi connectivity index (χ1) is 13.0. The summed E-state index contributed by atoms with van der Waals surface area (Å²) in [5.41, 5.74) is 2.90. The van der Waals surface area contributed by atoms with Gasteiger partial charge in [-0.05, 0) is 38.2 Å². The molecule has 4 rings (SSSR count).